The van der Waals surface area contributed by atoms with E-state index in [0.717, 1.165) is 24.8 Å². The minimum Gasteiger partial charge on any atom is -0.328 e. The van der Waals surface area contributed by atoms with Gasteiger partial charge in [0.15, 0.2) is 5.82 Å². The summed E-state index contributed by atoms with van der Waals surface area (Å²) >= 11 is 0. The Morgan fingerprint density at radius 2 is 2.04 bits per heavy atom. The Morgan fingerprint density at radius 3 is 2.85 bits per heavy atom. The number of carbonyl (C=O) groups is 1. The first kappa shape index (κ1) is 16.4. The molecule has 1 aliphatic heterocycles. The van der Waals surface area contributed by atoms with E-state index in [-0.39, 0.29) is 11.9 Å². The highest BCUT2D eigenvalue weighted by molar-refractivity contribution is 5.94. The van der Waals surface area contributed by atoms with E-state index in [1.807, 2.05) is 12.1 Å². The number of nitrogens with one attached hydrogen (secondary N) is 1. The molecule has 1 amide bonds. The molecule has 1 saturated heterocycles. The Balaban J connectivity index is 1.62. The molecule has 2 aromatic heterocycles. The highest BCUT2D eigenvalue weighted by Crippen LogP contribution is 2.31. The molecule has 1 N–H and O–H groups in total. The molecule has 0 bridgehead atoms. The van der Waals surface area contributed by atoms with Crippen molar-refractivity contribution < 1.29 is 9.18 Å². The third kappa shape index (κ3) is 3.20. The van der Waals surface area contributed by atoms with E-state index in [2.05, 4.69) is 20.2 Å². The molecule has 7 heteroatoms. The van der Waals surface area contributed by atoms with Crippen molar-refractivity contribution in [1.29, 1.82) is 0 Å². The number of halogens is 1. The fourth-order valence-corrected chi connectivity index (χ4v) is 3.30. The summed E-state index contributed by atoms with van der Waals surface area (Å²) in [6.45, 7) is 0.616. The van der Waals surface area contributed by atoms with Gasteiger partial charge in [0.1, 0.15) is 11.6 Å². The Kier molecular flexibility index (Phi) is 4.43. The lowest BCUT2D eigenvalue weighted by Crippen LogP contribution is -2.39. The molecule has 1 aliphatic rings. The van der Waals surface area contributed by atoms with Crippen molar-refractivity contribution in [2.75, 3.05) is 6.54 Å². The van der Waals surface area contributed by atoms with Gasteiger partial charge in [-0.15, -0.1) is 0 Å². The number of likely N-dealkylation sites (tertiary alicyclic amines) is 1. The first-order valence-corrected chi connectivity index (χ1v) is 8.61. The van der Waals surface area contributed by atoms with Gasteiger partial charge in [-0.05, 0) is 49.6 Å². The van der Waals surface area contributed by atoms with Gasteiger partial charge >= 0.3 is 0 Å². The van der Waals surface area contributed by atoms with Crippen molar-refractivity contribution in [3.05, 3.63) is 66.0 Å². The van der Waals surface area contributed by atoms with E-state index in [4.69, 9.17) is 0 Å². The number of rotatable bonds is 3. The molecule has 3 heterocycles. The van der Waals surface area contributed by atoms with Crippen LogP contribution in [0.4, 0.5) is 4.39 Å². The van der Waals surface area contributed by atoms with E-state index < -0.39 is 5.82 Å². The standard InChI is InChI=1S/C19H18FN5O/c20-15-5-3-4-14(12-15)19(26)25-11-2-1-6-16(25)18-22-17(23-24-18)13-7-9-21-10-8-13/h3-5,7-10,12,16H,1-2,6,11H2,(H,22,23,24). The molecule has 0 saturated carbocycles. The number of nitrogens with zero attached hydrogens (tertiary/aromatic N) is 4. The van der Waals surface area contributed by atoms with E-state index in [1.165, 1.54) is 12.1 Å². The number of carbonyl (C=O) groups excluding carboxylic acids is 1. The molecular formula is C19H18FN5O. The quantitative estimate of drug-likeness (QED) is 0.785. The fourth-order valence-electron chi connectivity index (χ4n) is 3.30. The van der Waals surface area contributed by atoms with Crippen LogP contribution in [-0.4, -0.2) is 37.5 Å². The maximum atomic E-state index is 13.5. The topological polar surface area (TPSA) is 74.8 Å². The zero-order valence-electron chi connectivity index (χ0n) is 14.1. The highest BCUT2D eigenvalue weighted by atomic mass is 19.1. The number of hydrogen-bond acceptors (Lipinski definition) is 4. The first-order valence-electron chi connectivity index (χ1n) is 8.61. The molecular weight excluding hydrogens is 333 g/mol. The Labute approximate surface area is 150 Å². The van der Waals surface area contributed by atoms with E-state index >= 15 is 0 Å². The van der Waals surface area contributed by atoms with Crippen LogP contribution in [-0.2, 0) is 0 Å². The summed E-state index contributed by atoms with van der Waals surface area (Å²) in [6, 6.07) is 9.28. The van der Waals surface area contributed by atoms with Crippen molar-refractivity contribution in [1.82, 2.24) is 25.1 Å². The molecule has 0 radical (unpaired) electrons. The van der Waals surface area contributed by atoms with Gasteiger partial charge in [0.25, 0.3) is 5.91 Å². The highest BCUT2D eigenvalue weighted by Gasteiger charge is 2.31. The zero-order valence-corrected chi connectivity index (χ0v) is 14.1. The second-order valence-electron chi connectivity index (χ2n) is 6.30. The SMILES string of the molecule is O=C(c1cccc(F)c1)N1CCCCC1c1nc(-c2ccncc2)n[nH]1. The van der Waals surface area contributed by atoms with Gasteiger partial charge < -0.3 is 4.90 Å². The summed E-state index contributed by atoms with van der Waals surface area (Å²) in [5.41, 5.74) is 1.21. The largest absolute Gasteiger partial charge is 0.328 e. The lowest BCUT2D eigenvalue weighted by molar-refractivity contribution is 0.0600. The van der Waals surface area contributed by atoms with Gasteiger partial charge in [-0.3, -0.25) is 14.9 Å². The van der Waals surface area contributed by atoms with Gasteiger partial charge in [0.05, 0.1) is 6.04 Å². The summed E-state index contributed by atoms with van der Waals surface area (Å²) < 4.78 is 13.5. The normalized spacial score (nSPS) is 17.3. The summed E-state index contributed by atoms with van der Waals surface area (Å²) in [6.07, 6.45) is 6.09. The Hall–Kier alpha value is -3.09. The van der Waals surface area contributed by atoms with Crippen LogP contribution >= 0.6 is 0 Å². The number of pyridine rings is 1. The van der Waals surface area contributed by atoms with Crippen LogP contribution in [0, 0.1) is 5.82 Å². The monoisotopic (exact) mass is 351 g/mol. The minimum absolute atomic E-state index is 0.184. The summed E-state index contributed by atoms with van der Waals surface area (Å²) in [5.74, 6) is 0.632. The molecule has 1 atom stereocenters. The second-order valence-corrected chi connectivity index (χ2v) is 6.30. The second kappa shape index (κ2) is 7.03. The van der Waals surface area contributed by atoms with Gasteiger partial charge in [0.2, 0.25) is 0 Å². The van der Waals surface area contributed by atoms with Gasteiger partial charge in [-0.25, -0.2) is 9.37 Å². The molecule has 0 aliphatic carbocycles. The van der Waals surface area contributed by atoms with Crippen LogP contribution in [0.5, 0.6) is 0 Å². The van der Waals surface area contributed by atoms with Gasteiger partial charge in [0, 0.05) is 30.1 Å². The molecule has 4 rings (SSSR count). The number of benzene rings is 1. The van der Waals surface area contributed by atoms with E-state index in [0.29, 0.717) is 23.8 Å². The number of hydrogen-bond donors (Lipinski definition) is 1. The van der Waals surface area contributed by atoms with Crippen LogP contribution in [0.25, 0.3) is 11.4 Å². The van der Waals surface area contributed by atoms with Crippen molar-refractivity contribution in [3.63, 3.8) is 0 Å². The summed E-state index contributed by atoms with van der Waals surface area (Å²) in [4.78, 5) is 23.2. The number of piperidine rings is 1. The number of aromatic amines is 1. The van der Waals surface area contributed by atoms with Crippen LogP contribution in [0.2, 0.25) is 0 Å². The minimum atomic E-state index is -0.413. The van der Waals surface area contributed by atoms with Crippen molar-refractivity contribution in [2.45, 2.75) is 25.3 Å². The lowest BCUT2D eigenvalue weighted by Gasteiger charge is -2.34. The first-order chi connectivity index (χ1) is 12.7. The Bertz CT molecular complexity index is 911. The third-order valence-corrected chi connectivity index (χ3v) is 4.59. The number of H-pyrrole nitrogens is 1. The molecule has 132 valence electrons. The predicted octanol–water partition coefficient (Wildman–Crippen LogP) is 3.37. The molecule has 1 fully saturated rings. The summed E-state index contributed by atoms with van der Waals surface area (Å²) in [5, 5.41) is 7.25. The smallest absolute Gasteiger partial charge is 0.254 e. The average Bonchev–Trinajstić information content (AvgIpc) is 3.18. The van der Waals surface area contributed by atoms with Gasteiger partial charge in [-0.2, -0.15) is 5.10 Å². The molecule has 0 spiro atoms. The molecule has 1 unspecified atom stereocenters. The lowest BCUT2D eigenvalue weighted by atomic mass is 10.00. The van der Waals surface area contributed by atoms with Crippen molar-refractivity contribution in [3.8, 4) is 11.4 Å². The van der Waals surface area contributed by atoms with Crippen LogP contribution in [0.15, 0.2) is 48.8 Å². The average molecular weight is 351 g/mol. The van der Waals surface area contributed by atoms with E-state index in [1.54, 1.807) is 29.4 Å². The van der Waals surface area contributed by atoms with Crippen LogP contribution in [0.3, 0.4) is 0 Å². The van der Waals surface area contributed by atoms with Crippen LogP contribution < -0.4 is 0 Å². The van der Waals surface area contributed by atoms with Crippen molar-refractivity contribution in [2.24, 2.45) is 0 Å². The van der Waals surface area contributed by atoms with Crippen LogP contribution in [0.1, 0.15) is 41.5 Å². The molecule has 1 aromatic carbocycles. The number of aromatic nitrogens is 4. The predicted molar refractivity (Wildman–Crippen MR) is 93.6 cm³/mol. The molecule has 3 aromatic rings. The maximum Gasteiger partial charge on any atom is 0.254 e. The van der Waals surface area contributed by atoms with E-state index in [9.17, 15) is 9.18 Å². The molecule has 26 heavy (non-hydrogen) atoms. The molecule has 6 nitrogen and oxygen atoms in total. The zero-order chi connectivity index (χ0) is 17.9. The Morgan fingerprint density at radius 1 is 1.19 bits per heavy atom. The third-order valence-electron chi connectivity index (χ3n) is 4.59. The summed E-state index contributed by atoms with van der Waals surface area (Å²) in [7, 11) is 0. The fraction of sp³-hybridized carbons (Fsp3) is 0.263. The number of amides is 1. The van der Waals surface area contributed by atoms with Gasteiger partial charge in [-0.1, -0.05) is 6.07 Å². The maximum absolute atomic E-state index is 13.5. The van der Waals surface area contributed by atoms with Crippen molar-refractivity contribution >= 4 is 5.91 Å².